The first-order chi connectivity index (χ1) is 12.3. The second-order valence-corrected chi connectivity index (χ2v) is 6.36. The fourth-order valence-electron chi connectivity index (χ4n) is 3.05. The molecule has 6 nitrogen and oxygen atoms in total. The summed E-state index contributed by atoms with van der Waals surface area (Å²) in [5.41, 5.74) is -0.545. The van der Waals surface area contributed by atoms with Crippen molar-refractivity contribution in [3.8, 4) is 11.4 Å². The van der Waals surface area contributed by atoms with Crippen molar-refractivity contribution in [1.82, 2.24) is 15.0 Å². The molecule has 1 aromatic heterocycles. The number of rotatable bonds is 4. The number of carboxylic acids is 1. The highest BCUT2D eigenvalue weighted by Gasteiger charge is 2.32. The molecule has 1 N–H and O–H groups in total. The summed E-state index contributed by atoms with van der Waals surface area (Å²) in [5, 5.41) is 12.8. The second kappa shape index (κ2) is 7.06. The average molecular weight is 369 g/mol. The maximum absolute atomic E-state index is 12.8. The molecule has 0 amide bonds. The lowest BCUT2D eigenvalue weighted by atomic mass is 9.96. The minimum absolute atomic E-state index is 0.0957. The van der Waals surface area contributed by atoms with E-state index in [1.54, 1.807) is 0 Å². The van der Waals surface area contributed by atoms with Crippen LogP contribution in [0.1, 0.15) is 37.3 Å². The number of likely N-dealkylation sites (tertiary alicyclic amines) is 1. The first-order valence-electron chi connectivity index (χ1n) is 8.24. The van der Waals surface area contributed by atoms with Crippen molar-refractivity contribution in [2.45, 2.75) is 32.0 Å². The van der Waals surface area contributed by atoms with E-state index in [1.165, 1.54) is 12.1 Å². The quantitative estimate of drug-likeness (QED) is 0.887. The number of piperidine rings is 1. The Hall–Kier alpha value is -2.42. The third-order valence-corrected chi connectivity index (χ3v) is 4.67. The van der Waals surface area contributed by atoms with E-state index in [2.05, 4.69) is 10.1 Å². The Balaban J connectivity index is 1.73. The van der Waals surface area contributed by atoms with Crippen LogP contribution in [-0.2, 0) is 11.0 Å². The van der Waals surface area contributed by atoms with Gasteiger partial charge in [0.25, 0.3) is 0 Å². The zero-order valence-electron chi connectivity index (χ0n) is 14.0. The number of carbonyl (C=O) groups is 1. The number of benzene rings is 1. The topological polar surface area (TPSA) is 79.5 Å². The maximum Gasteiger partial charge on any atom is 0.416 e. The van der Waals surface area contributed by atoms with Crippen LogP contribution < -0.4 is 0 Å². The number of aliphatic carboxylic acids is 1. The van der Waals surface area contributed by atoms with E-state index in [-0.39, 0.29) is 23.3 Å². The van der Waals surface area contributed by atoms with Crippen molar-refractivity contribution in [3.63, 3.8) is 0 Å². The van der Waals surface area contributed by atoms with Crippen LogP contribution in [0.25, 0.3) is 11.4 Å². The Bertz CT molecular complexity index is 783. The molecule has 2 heterocycles. The number of nitrogens with zero attached hydrogens (tertiary/aromatic N) is 3. The van der Waals surface area contributed by atoms with Gasteiger partial charge in [0.2, 0.25) is 11.7 Å². The van der Waals surface area contributed by atoms with Gasteiger partial charge in [0.15, 0.2) is 0 Å². The van der Waals surface area contributed by atoms with Crippen LogP contribution in [0, 0.1) is 5.92 Å². The van der Waals surface area contributed by atoms with Crippen LogP contribution in [0.2, 0.25) is 0 Å². The highest BCUT2D eigenvalue weighted by molar-refractivity contribution is 5.70. The smallest absolute Gasteiger partial charge is 0.416 e. The molecule has 0 spiro atoms. The zero-order valence-corrected chi connectivity index (χ0v) is 14.0. The lowest BCUT2D eigenvalue weighted by molar-refractivity contribution is -0.143. The van der Waals surface area contributed by atoms with E-state index >= 15 is 0 Å². The summed E-state index contributed by atoms with van der Waals surface area (Å²) < 4.78 is 43.7. The lowest BCUT2D eigenvalue weighted by Gasteiger charge is -2.32. The number of hydrogen-bond donors (Lipinski definition) is 1. The molecule has 1 aromatic carbocycles. The van der Waals surface area contributed by atoms with Gasteiger partial charge in [-0.25, -0.2) is 0 Å². The fraction of sp³-hybridized carbons (Fsp3) is 0.471. The van der Waals surface area contributed by atoms with Crippen LogP contribution >= 0.6 is 0 Å². The Morgan fingerprint density at radius 1 is 1.35 bits per heavy atom. The second-order valence-electron chi connectivity index (χ2n) is 6.36. The lowest BCUT2D eigenvalue weighted by Crippen LogP contribution is -2.37. The van der Waals surface area contributed by atoms with Gasteiger partial charge in [-0.15, -0.1) is 0 Å². The van der Waals surface area contributed by atoms with Crippen molar-refractivity contribution in [3.05, 3.63) is 35.7 Å². The minimum atomic E-state index is -4.44. The first-order valence-corrected chi connectivity index (χ1v) is 8.24. The molecular weight excluding hydrogens is 351 g/mol. The highest BCUT2D eigenvalue weighted by atomic mass is 19.4. The van der Waals surface area contributed by atoms with E-state index in [9.17, 15) is 18.0 Å². The first kappa shape index (κ1) is 18.4. The molecule has 1 saturated heterocycles. The summed E-state index contributed by atoms with van der Waals surface area (Å²) in [6, 6.07) is 4.52. The van der Waals surface area contributed by atoms with Crippen LogP contribution in [0.15, 0.2) is 28.8 Å². The molecule has 0 saturated carbocycles. The van der Waals surface area contributed by atoms with Gasteiger partial charge in [0.05, 0.1) is 17.5 Å². The monoisotopic (exact) mass is 369 g/mol. The molecular formula is C17H18F3N3O3. The summed E-state index contributed by atoms with van der Waals surface area (Å²) in [6.45, 7) is 3.02. The number of halogens is 3. The van der Waals surface area contributed by atoms with Gasteiger partial charge >= 0.3 is 12.1 Å². The maximum atomic E-state index is 12.8. The normalized spacial score (nSPS) is 18.0. The van der Waals surface area contributed by atoms with Gasteiger partial charge in [-0.3, -0.25) is 9.69 Å². The molecule has 0 radical (unpaired) electrons. The van der Waals surface area contributed by atoms with Crippen molar-refractivity contribution >= 4 is 5.97 Å². The van der Waals surface area contributed by atoms with E-state index in [0.29, 0.717) is 31.8 Å². The molecule has 1 aliphatic heterocycles. The Labute approximate surface area is 147 Å². The Morgan fingerprint density at radius 3 is 2.65 bits per heavy atom. The highest BCUT2D eigenvalue weighted by Crippen LogP contribution is 2.32. The van der Waals surface area contributed by atoms with Crippen molar-refractivity contribution in [1.29, 1.82) is 0 Å². The van der Waals surface area contributed by atoms with E-state index in [1.807, 2.05) is 11.8 Å². The zero-order chi connectivity index (χ0) is 18.9. The summed E-state index contributed by atoms with van der Waals surface area (Å²) in [7, 11) is 0. The summed E-state index contributed by atoms with van der Waals surface area (Å²) in [5.74, 6) is -0.742. The summed E-state index contributed by atoms with van der Waals surface area (Å²) >= 11 is 0. The van der Waals surface area contributed by atoms with Gasteiger partial charge in [-0.2, -0.15) is 18.2 Å². The minimum Gasteiger partial charge on any atom is -0.481 e. The van der Waals surface area contributed by atoms with Gasteiger partial charge in [-0.05, 0) is 45.0 Å². The van der Waals surface area contributed by atoms with Gasteiger partial charge in [0, 0.05) is 5.56 Å². The predicted octanol–water partition coefficient (Wildman–Crippen LogP) is 3.61. The van der Waals surface area contributed by atoms with E-state index in [0.717, 1.165) is 12.1 Å². The largest absolute Gasteiger partial charge is 0.481 e. The van der Waals surface area contributed by atoms with Gasteiger partial charge in [0.1, 0.15) is 0 Å². The molecule has 140 valence electrons. The molecule has 9 heteroatoms. The molecule has 1 atom stereocenters. The van der Waals surface area contributed by atoms with Crippen LogP contribution in [0.3, 0.4) is 0 Å². The average Bonchev–Trinajstić information content (AvgIpc) is 3.10. The van der Waals surface area contributed by atoms with E-state index < -0.39 is 17.7 Å². The van der Waals surface area contributed by atoms with Crippen molar-refractivity contribution in [2.24, 2.45) is 5.92 Å². The van der Waals surface area contributed by atoms with Gasteiger partial charge < -0.3 is 9.63 Å². The fourth-order valence-corrected chi connectivity index (χ4v) is 3.05. The molecule has 1 unspecified atom stereocenters. The predicted molar refractivity (Wildman–Crippen MR) is 85.1 cm³/mol. The van der Waals surface area contributed by atoms with Crippen LogP contribution in [-0.4, -0.2) is 39.2 Å². The van der Waals surface area contributed by atoms with Crippen LogP contribution in [0.4, 0.5) is 13.2 Å². The van der Waals surface area contributed by atoms with Crippen molar-refractivity contribution < 1.29 is 27.6 Å². The van der Waals surface area contributed by atoms with Crippen LogP contribution in [0.5, 0.6) is 0 Å². The SMILES string of the molecule is CC(c1nc(-c2cccc(C(F)(F)F)c2)no1)N1CCC(C(=O)O)CC1. The third kappa shape index (κ3) is 3.87. The summed E-state index contributed by atoms with van der Waals surface area (Å²) in [4.78, 5) is 17.3. The molecule has 0 bridgehead atoms. The molecule has 0 aliphatic carbocycles. The number of alkyl halides is 3. The van der Waals surface area contributed by atoms with E-state index in [4.69, 9.17) is 9.63 Å². The number of carboxylic acid groups (broad SMARTS) is 1. The molecule has 26 heavy (non-hydrogen) atoms. The Kier molecular flexibility index (Phi) is 4.99. The number of aromatic nitrogens is 2. The number of hydrogen-bond acceptors (Lipinski definition) is 5. The molecule has 3 rings (SSSR count). The Morgan fingerprint density at radius 2 is 2.04 bits per heavy atom. The molecule has 2 aromatic rings. The third-order valence-electron chi connectivity index (χ3n) is 4.67. The molecule has 1 fully saturated rings. The van der Waals surface area contributed by atoms with Crippen molar-refractivity contribution in [2.75, 3.05) is 13.1 Å². The standard InChI is InChI=1S/C17H18F3N3O3/c1-10(23-7-5-11(6-8-23)16(24)25)15-21-14(22-26-15)12-3-2-4-13(9-12)17(18,19)20/h2-4,9-11H,5-8H2,1H3,(H,24,25). The molecule has 1 aliphatic rings. The van der Waals surface area contributed by atoms with Gasteiger partial charge in [-0.1, -0.05) is 17.3 Å². The summed E-state index contributed by atoms with van der Waals surface area (Å²) in [6.07, 6.45) is -3.37.